The summed E-state index contributed by atoms with van der Waals surface area (Å²) in [6.07, 6.45) is 0.0431. The van der Waals surface area contributed by atoms with Gasteiger partial charge in [-0.05, 0) is 30.7 Å². The fourth-order valence-electron chi connectivity index (χ4n) is 3.21. The number of halogens is 2. The summed E-state index contributed by atoms with van der Waals surface area (Å²) in [4.78, 5) is 38.3. The first-order valence-corrected chi connectivity index (χ1v) is 9.49. The Morgan fingerprint density at radius 3 is 2.69 bits per heavy atom. The number of nitrogens with one attached hydrogen (secondary N) is 1. The van der Waals surface area contributed by atoms with E-state index in [1.807, 2.05) is 37.3 Å². The summed E-state index contributed by atoms with van der Waals surface area (Å²) in [7, 11) is 0. The van der Waals surface area contributed by atoms with E-state index in [-0.39, 0.29) is 35.6 Å². The van der Waals surface area contributed by atoms with Crippen molar-refractivity contribution in [1.29, 1.82) is 0 Å². The molecule has 1 aliphatic rings. The molecule has 0 aliphatic carbocycles. The van der Waals surface area contributed by atoms with E-state index in [4.69, 9.17) is 16.3 Å². The van der Waals surface area contributed by atoms with Crippen molar-refractivity contribution in [2.45, 2.75) is 19.4 Å². The van der Waals surface area contributed by atoms with Crippen molar-refractivity contribution in [2.24, 2.45) is 5.92 Å². The average molecular weight is 419 g/mol. The SMILES string of the molecule is C[C@@H](c1ccccc1)N1C[C@H](C(=O)OCC(=O)Nc2ccc(F)cc2Cl)CC1=O. The molecular formula is C21H20ClFN2O4. The minimum atomic E-state index is -0.629. The first kappa shape index (κ1) is 20.8. The molecule has 1 fully saturated rings. The monoisotopic (exact) mass is 418 g/mol. The number of hydrogen-bond acceptors (Lipinski definition) is 4. The van der Waals surface area contributed by atoms with Gasteiger partial charge in [0, 0.05) is 13.0 Å². The average Bonchev–Trinajstić information content (AvgIpc) is 3.10. The highest BCUT2D eigenvalue weighted by molar-refractivity contribution is 6.33. The summed E-state index contributed by atoms with van der Waals surface area (Å²) in [5.41, 5.74) is 1.19. The van der Waals surface area contributed by atoms with Crippen LogP contribution >= 0.6 is 11.6 Å². The first-order chi connectivity index (χ1) is 13.8. The van der Waals surface area contributed by atoms with E-state index < -0.39 is 30.2 Å². The number of anilines is 1. The van der Waals surface area contributed by atoms with Crippen LogP contribution in [-0.2, 0) is 19.1 Å². The molecule has 1 saturated heterocycles. The minimum absolute atomic E-state index is 0.0385. The molecule has 0 aromatic heterocycles. The zero-order valence-corrected chi connectivity index (χ0v) is 16.5. The van der Waals surface area contributed by atoms with Crippen LogP contribution in [0.1, 0.15) is 24.9 Å². The first-order valence-electron chi connectivity index (χ1n) is 9.11. The largest absolute Gasteiger partial charge is 0.455 e. The highest BCUT2D eigenvalue weighted by Crippen LogP contribution is 2.29. The van der Waals surface area contributed by atoms with Gasteiger partial charge >= 0.3 is 5.97 Å². The van der Waals surface area contributed by atoms with Gasteiger partial charge in [0.15, 0.2) is 6.61 Å². The number of benzene rings is 2. The maximum absolute atomic E-state index is 13.0. The van der Waals surface area contributed by atoms with Gasteiger partial charge in [0.05, 0.1) is 22.7 Å². The van der Waals surface area contributed by atoms with Crippen LogP contribution in [-0.4, -0.2) is 35.8 Å². The lowest BCUT2D eigenvalue weighted by Gasteiger charge is -2.25. The van der Waals surface area contributed by atoms with E-state index in [0.717, 1.165) is 17.7 Å². The van der Waals surface area contributed by atoms with Gasteiger partial charge in [-0.25, -0.2) is 4.39 Å². The molecule has 29 heavy (non-hydrogen) atoms. The molecule has 1 aliphatic heterocycles. The molecule has 2 aromatic carbocycles. The summed E-state index contributed by atoms with van der Waals surface area (Å²) in [6, 6.07) is 12.9. The maximum Gasteiger partial charge on any atom is 0.311 e. The predicted octanol–water partition coefficient (Wildman–Crippen LogP) is 3.57. The van der Waals surface area contributed by atoms with Gasteiger partial charge in [-0.2, -0.15) is 0 Å². The van der Waals surface area contributed by atoms with Gasteiger partial charge in [0.2, 0.25) is 5.91 Å². The van der Waals surface area contributed by atoms with E-state index in [1.54, 1.807) is 4.90 Å². The van der Waals surface area contributed by atoms with Gasteiger partial charge in [-0.3, -0.25) is 14.4 Å². The number of amides is 2. The summed E-state index contributed by atoms with van der Waals surface area (Å²) in [6.45, 7) is 1.62. The minimum Gasteiger partial charge on any atom is -0.455 e. The predicted molar refractivity (Wildman–Crippen MR) is 106 cm³/mol. The van der Waals surface area contributed by atoms with E-state index >= 15 is 0 Å². The third kappa shape index (κ3) is 5.12. The zero-order valence-electron chi connectivity index (χ0n) is 15.7. The topological polar surface area (TPSA) is 75.7 Å². The Hall–Kier alpha value is -2.93. The normalized spacial score (nSPS) is 17.1. The molecular weight excluding hydrogens is 399 g/mol. The molecule has 8 heteroatoms. The molecule has 0 unspecified atom stereocenters. The Labute approximate surface area is 172 Å². The van der Waals surface area contributed by atoms with Crippen molar-refractivity contribution >= 4 is 35.1 Å². The molecule has 0 radical (unpaired) electrons. The van der Waals surface area contributed by atoms with Crippen LogP contribution in [0.2, 0.25) is 5.02 Å². The lowest BCUT2D eigenvalue weighted by atomic mass is 10.1. The molecule has 0 bridgehead atoms. The zero-order chi connectivity index (χ0) is 21.0. The Morgan fingerprint density at radius 1 is 1.28 bits per heavy atom. The second kappa shape index (κ2) is 9.05. The van der Waals surface area contributed by atoms with Crippen molar-refractivity contribution in [3.8, 4) is 0 Å². The number of nitrogens with zero attached hydrogens (tertiary/aromatic N) is 1. The van der Waals surface area contributed by atoms with Gasteiger partial charge in [-0.15, -0.1) is 0 Å². The number of ether oxygens (including phenoxy) is 1. The molecule has 152 valence electrons. The highest BCUT2D eigenvalue weighted by Gasteiger charge is 2.38. The molecule has 2 amide bonds. The Morgan fingerprint density at radius 2 is 2.00 bits per heavy atom. The molecule has 2 atom stereocenters. The lowest BCUT2D eigenvalue weighted by Crippen LogP contribution is -2.30. The number of likely N-dealkylation sites (tertiary alicyclic amines) is 1. The number of carbonyl (C=O) groups excluding carboxylic acids is 3. The molecule has 1 N–H and O–H groups in total. The molecule has 1 heterocycles. The summed E-state index contributed by atoms with van der Waals surface area (Å²) >= 11 is 5.85. The van der Waals surface area contributed by atoms with E-state index in [2.05, 4.69) is 5.32 Å². The number of rotatable bonds is 6. The van der Waals surface area contributed by atoms with Gasteiger partial charge in [0.1, 0.15) is 5.82 Å². The third-order valence-electron chi connectivity index (χ3n) is 4.79. The third-order valence-corrected chi connectivity index (χ3v) is 5.10. The summed E-state index contributed by atoms with van der Waals surface area (Å²) in [5, 5.41) is 2.49. The molecule has 0 saturated carbocycles. The maximum atomic E-state index is 13.0. The van der Waals surface area contributed by atoms with Crippen molar-refractivity contribution in [3.63, 3.8) is 0 Å². The fourth-order valence-corrected chi connectivity index (χ4v) is 3.42. The van der Waals surface area contributed by atoms with Crippen LogP contribution in [0.25, 0.3) is 0 Å². The number of carbonyl (C=O) groups is 3. The Kier molecular flexibility index (Phi) is 6.49. The standard InChI is InChI=1S/C21H20ClFN2O4/c1-13(14-5-3-2-4-6-14)25-11-15(9-20(25)27)21(28)29-12-19(26)24-18-8-7-16(23)10-17(18)22/h2-8,10,13,15H,9,11-12H2,1H3,(H,24,26)/t13-,15+/m0/s1. The molecule has 2 aromatic rings. The van der Waals surface area contributed by atoms with Gasteiger partial charge in [0.25, 0.3) is 5.91 Å². The smallest absolute Gasteiger partial charge is 0.311 e. The highest BCUT2D eigenvalue weighted by atomic mass is 35.5. The van der Waals surface area contributed by atoms with Gasteiger partial charge in [-0.1, -0.05) is 41.9 Å². The second-order valence-corrected chi connectivity index (χ2v) is 7.22. The molecule has 3 rings (SSSR count). The van der Waals surface area contributed by atoms with Crippen LogP contribution in [0.3, 0.4) is 0 Å². The van der Waals surface area contributed by atoms with Crippen molar-refractivity contribution in [3.05, 3.63) is 64.9 Å². The van der Waals surface area contributed by atoms with Crippen LogP contribution in [0, 0.1) is 11.7 Å². The lowest BCUT2D eigenvalue weighted by molar-refractivity contribution is -0.151. The van der Waals surface area contributed by atoms with Crippen LogP contribution in [0.4, 0.5) is 10.1 Å². The van der Waals surface area contributed by atoms with E-state index in [9.17, 15) is 18.8 Å². The van der Waals surface area contributed by atoms with E-state index in [1.165, 1.54) is 6.07 Å². The molecule has 0 spiro atoms. The van der Waals surface area contributed by atoms with Crippen molar-refractivity contribution in [1.82, 2.24) is 4.90 Å². The Balaban J connectivity index is 1.52. The van der Waals surface area contributed by atoms with Crippen LogP contribution < -0.4 is 5.32 Å². The number of esters is 1. The summed E-state index contributed by atoms with van der Waals surface area (Å²) in [5.74, 6) is -2.51. The second-order valence-electron chi connectivity index (χ2n) is 6.81. The van der Waals surface area contributed by atoms with Crippen molar-refractivity contribution in [2.75, 3.05) is 18.5 Å². The number of hydrogen-bond donors (Lipinski definition) is 1. The van der Waals surface area contributed by atoms with E-state index in [0.29, 0.717) is 0 Å². The van der Waals surface area contributed by atoms with Crippen LogP contribution in [0.15, 0.2) is 48.5 Å². The Bertz CT molecular complexity index is 922. The summed E-state index contributed by atoms with van der Waals surface area (Å²) < 4.78 is 18.1. The fraction of sp³-hybridized carbons (Fsp3) is 0.286. The molecule has 6 nitrogen and oxygen atoms in total. The van der Waals surface area contributed by atoms with Crippen LogP contribution in [0.5, 0.6) is 0 Å². The van der Waals surface area contributed by atoms with Crippen molar-refractivity contribution < 1.29 is 23.5 Å². The quantitative estimate of drug-likeness (QED) is 0.728. The van der Waals surface area contributed by atoms with Gasteiger partial charge < -0.3 is 15.0 Å².